The normalized spacial score (nSPS) is 23.0. The van der Waals surface area contributed by atoms with Crippen molar-refractivity contribution in [1.29, 1.82) is 0 Å². The molecule has 3 heterocycles. The van der Waals surface area contributed by atoms with Crippen LogP contribution >= 0.6 is 22.9 Å². The molecule has 0 bridgehead atoms. The average Bonchev–Trinajstić information content (AvgIpc) is 3.18. The van der Waals surface area contributed by atoms with Crippen LogP contribution in [0.5, 0.6) is 5.75 Å². The van der Waals surface area contributed by atoms with E-state index in [2.05, 4.69) is 30.9 Å². The van der Waals surface area contributed by atoms with Crippen LogP contribution in [-0.2, 0) is 6.54 Å². The molecule has 2 atom stereocenters. The number of benzene rings is 1. The van der Waals surface area contributed by atoms with Crippen LogP contribution in [0.1, 0.15) is 40.6 Å². The molecule has 138 valence electrons. The van der Waals surface area contributed by atoms with Crippen molar-refractivity contribution in [1.82, 2.24) is 9.80 Å². The third-order valence-electron chi connectivity index (χ3n) is 5.44. The van der Waals surface area contributed by atoms with Gasteiger partial charge in [-0.25, -0.2) is 0 Å². The quantitative estimate of drug-likeness (QED) is 0.785. The lowest BCUT2D eigenvalue weighted by molar-refractivity contribution is 0.0625. The van der Waals surface area contributed by atoms with Crippen molar-refractivity contribution in [3.8, 4) is 5.75 Å². The minimum atomic E-state index is 0.0852. The van der Waals surface area contributed by atoms with Gasteiger partial charge in [0.25, 0.3) is 5.91 Å². The van der Waals surface area contributed by atoms with E-state index in [9.17, 15) is 4.79 Å². The number of carbonyl (C=O) groups is 1. The second-order valence-electron chi connectivity index (χ2n) is 7.11. The molecule has 1 amide bonds. The molecule has 1 saturated heterocycles. The molecule has 0 aliphatic carbocycles. The maximum absolute atomic E-state index is 13.1. The van der Waals surface area contributed by atoms with Crippen molar-refractivity contribution in [2.45, 2.75) is 32.4 Å². The number of carbonyl (C=O) groups excluding carboxylic acids is 1. The first-order valence-electron chi connectivity index (χ1n) is 9.08. The number of piperazine rings is 1. The molecule has 4 nitrogen and oxygen atoms in total. The average molecular weight is 391 g/mol. The van der Waals surface area contributed by atoms with E-state index in [1.165, 1.54) is 4.88 Å². The number of nitrogens with zero attached hydrogens (tertiary/aromatic N) is 2. The van der Waals surface area contributed by atoms with Gasteiger partial charge in [-0.05, 0) is 25.1 Å². The number of amides is 1. The summed E-state index contributed by atoms with van der Waals surface area (Å²) in [6.45, 7) is 8.36. The van der Waals surface area contributed by atoms with Gasteiger partial charge in [0.05, 0.1) is 9.90 Å². The van der Waals surface area contributed by atoms with E-state index in [0.29, 0.717) is 11.5 Å². The Balaban J connectivity index is 1.42. The molecule has 0 saturated carbocycles. The fraction of sp³-hybridized carbons (Fsp3) is 0.450. The van der Waals surface area contributed by atoms with Crippen molar-refractivity contribution in [2.24, 2.45) is 0 Å². The summed E-state index contributed by atoms with van der Waals surface area (Å²) in [6.07, 6.45) is 0.119. The van der Waals surface area contributed by atoms with Crippen LogP contribution in [0.15, 0.2) is 30.3 Å². The molecule has 0 radical (unpaired) electrons. The highest BCUT2D eigenvalue weighted by Crippen LogP contribution is 2.40. The lowest BCUT2D eigenvalue weighted by atomic mass is 9.96. The van der Waals surface area contributed by atoms with Crippen molar-refractivity contribution >= 4 is 28.8 Å². The summed E-state index contributed by atoms with van der Waals surface area (Å²) >= 11 is 7.64. The number of hydrogen-bond acceptors (Lipinski definition) is 4. The molecule has 2 aliphatic rings. The van der Waals surface area contributed by atoms with E-state index in [1.54, 1.807) is 11.3 Å². The van der Waals surface area contributed by atoms with Gasteiger partial charge in [-0.15, -0.1) is 11.3 Å². The number of hydrogen-bond donors (Lipinski definition) is 0. The van der Waals surface area contributed by atoms with Gasteiger partial charge in [-0.2, -0.15) is 0 Å². The predicted octanol–water partition coefficient (Wildman–Crippen LogP) is 4.24. The number of thiophene rings is 1. The minimum Gasteiger partial charge on any atom is -0.489 e. The number of rotatable bonds is 3. The second-order valence-corrected chi connectivity index (χ2v) is 8.91. The van der Waals surface area contributed by atoms with Crippen molar-refractivity contribution < 1.29 is 9.53 Å². The summed E-state index contributed by atoms with van der Waals surface area (Å²) in [4.78, 5) is 18.6. The number of para-hydroxylation sites is 1. The second kappa shape index (κ2) is 7.22. The zero-order valence-electron chi connectivity index (χ0n) is 15.1. The maximum atomic E-state index is 13.1. The molecule has 2 aliphatic heterocycles. The van der Waals surface area contributed by atoms with Crippen LogP contribution in [0.3, 0.4) is 0 Å². The first-order valence-corrected chi connectivity index (χ1v) is 10.3. The smallest absolute Gasteiger partial charge is 0.257 e. The van der Waals surface area contributed by atoms with Crippen LogP contribution in [0.2, 0.25) is 4.34 Å². The molecular weight excluding hydrogens is 368 g/mol. The first kappa shape index (κ1) is 17.8. The molecular formula is C20H23ClN2O2S. The Morgan fingerprint density at radius 2 is 1.96 bits per heavy atom. The molecule has 1 aromatic carbocycles. The van der Waals surface area contributed by atoms with Gasteiger partial charge < -0.3 is 9.64 Å². The molecule has 1 fully saturated rings. The SMILES string of the molecule is C[C@@H]1c2cccc(C(=O)N3CCN(Cc4ccc(Cl)s4)CC3)c2O[C@@H]1C. The van der Waals surface area contributed by atoms with Crippen molar-refractivity contribution in [3.63, 3.8) is 0 Å². The fourth-order valence-corrected chi connectivity index (χ4v) is 4.82. The predicted molar refractivity (Wildman–Crippen MR) is 105 cm³/mol. The summed E-state index contributed by atoms with van der Waals surface area (Å²) in [7, 11) is 0. The van der Waals surface area contributed by atoms with E-state index >= 15 is 0 Å². The zero-order valence-corrected chi connectivity index (χ0v) is 16.6. The van der Waals surface area contributed by atoms with E-state index < -0.39 is 0 Å². The molecule has 2 aromatic rings. The minimum absolute atomic E-state index is 0.0852. The van der Waals surface area contributed by atoms with Gasteiger partial charge >= 0.3 is 0 Å². The fourth-order valence-electron chi connectivity index (χ4n) is 3.69. The third kappa shape index (κ3) is 3.36. The van der Waals surface area contributed by atoms with E-state index in [1.807, 2.05) is 23.1 Å². The highest BCUT2D eigenvalue weighted by molar-refractivity contribution is 7.16. The standard InChI is InChI=1S/C20H23ClN2O2S/c1-13-14(2)25-19-16(13)4-3-5-17(19)20(24)23-10-8-22(9-11-23)12-15-6-7-18(21)26-15/h3-7,13-14H,8-12H2,1-2H3/t13-,14+/m0/s1. The summed E-state index contributed by atoms with van der Waals surface area (Å²) in [5.74, 6) is 1.20. The third-order valence-corrected chi connectivity index (χ3v) is 6.66. The molecule has 0 unspecified atom stereocenters. The van der Waals surface area contributed by atoms with Crippen LogP contribution in [-0.4, -0.2) is 48.0 Å². The molecule has 0 spiro atoms. The molecule has 1 aromatic heterocycles. The Bertz CT molecular complexity index is 814. The zero-order chi connectivity index (χ0) is 18.3. The molecule has 6 heteroatoms. The number of halogens is 1. The van der Waals surface area contributed by atoms with Crippen LogP contribution in [0, 0.1) is 0 Å². The summed E-state index contributed by atoms with van der Waals surface area (Å²) in [6, 6.07) is 9.97. The molecule has 0 N–H and O–H groups in total. The number of fused-ring (bicyclic) bond motifs is 1. The van der Waals surface area contributed by atoms with Crippen molar-refractivity contribution in [3.05, 3.63) is 50.7 Å². The lowest BCUT2D eigenvalue weighted by Crippen LogP contribution is -2.48. The highest BCUT2D eigenvalue weighted by Gasteiger charge is 2.33. The lowest BCUT2D eigenvalue weighted by Gasteiger charge is -2.34. The highest BCUT2D eigenvalue weighted by atomic mass is 35.5. The Kier molecular flexibility index (Phi) is 4.95. The van der Waals surface area contributed by atoms with E-state index in [4.69, 9.17) is 16.3 Å². The largest absolute Gasteiger partial charge is 0.489 e. The van der Waals surface area contributed by atoms with Crippen LogP contribution in [0.4, 0.5) is 0 Å². The van der Waals surface area contributed by atoms with Crippen LogP contribution in [0.25, 0.3) is 0 Å². The van der Waals surface area contributed by atoms with Gasteiger partial charge in [0.2, 0.25) is 0 Å². The van der Waals surface area contributed by atoms with E-state index in [-0.39, 0.29) is 12.0 Å². The maximum Gasteiger partial charge on any atom is 0.257 e. The summed E-state index contributed by atoms with van der Waals surface area (Å²) in [5, 5.41) is 0. The topological polar surface area (TPSA) is 32.8 Å². The van der Waals surface area contributed by atoms with Gasteiger partial charge in [0, 0.05) is 49.1 Å². The van der Waals surface area contributed by atoms with E-state index in [0.717, 1.165) is 48.4 Å². The summed E-state index contributed by atoms with van der Waals surface area (Å²) < 4.78 is 6.82. The van der Waals surface area contributed by atoms with Crippen LogP contribution < -0.4 is 4.74 Å². The Hall–Kier alpha value is -1.56. The monoisotopic (exact) mass is 390 g/mol. The molecule has 4 rings (SSSR count). The Morgan fingerprint density at radius 1 is 1.19 bits per heavy atom. The Labute approximate surface area is 163 Å². The summed E-state index contributed by atoms with van der Waals surface area (Å²) in [5.41, 5.74) is 1.86. The van der Waals surface area contributed by atoms with Gasteiger partial charge in [-0.3, -0.25) is 9.69 Å². The Morgan fingerprint density at radius 3 is 2.65 bits per heavy atom. The number of ether oxygens (including phenoxy) is 1. The van der Waals surface area contributed by atoms with Crippen molar-refractivity contribution in [2.75, 3.05) is 26.2 Å². The first-order chi connectivity index (χ1) is 12.5. The van der Waals surface area contributed by atoms with Gasteiger partial charge in [-0.1, -0.05) is 30.7 Å². The van der Waals surface area contributed by atoms with Gasteiger partial charge in [0.1, 0.15) is 11.9 Å². The molecule has 26 heavy (non-hydrogen) atoms. The van der Waals surface area contributed by atoms with Gasteiger partial charge in [0.15, 0.2) is 0 Å².